The van der Waals surface area contributed by atoms with Crippen molar-refractivity contribution in [2.75, 3.05) is 25.7 Å². The van der Waals surface area contributed by atoms with E-state index in [0.717, 1.165) is 36.7 Å². The minimum absolute atomic E-state index is 0.692. The van der Waals surface area contributed by atoms with Gasteiger partial charge in [-0.25, -0.2) is 9.97 Å². The molecule has 26 heavy (non-hydrogen) atoms. The Morgan fingerprint density at radius 2 is 1.73 bits per heavy atom. The summed E-state index contributed by atoms with van der Waals surface area (Å²) in [5, 5.41) is 0. The van der Waals surface area contributed by atoms with Crippen molar-refractivity contribution in [3.05, 3.63) is 65.9 Å². The summed E-state index contributed by atoms with van der Waals surface area (Å²) in [6, 6.07) is 16.3. The first-order valence-corrected chi connectivity index (χ1v) is 8.65. The Hall–Kier alpha value is -3.08. The molecule has 5 heteroatoms. The van der Waals surface area contributed by atoms with Gasteiger partial charge in [0.05, 0.1) is 19.9 Å². The highest BCUT2D eigenvalue weighted by molar-refractivity contribution is 5.64. The summed E-state index contributed by atoms with van der Waals surface area (Å²) in [6.07, 6.45) is 2.83. The minimum Gasteiger partial charge on any atom is -0.493 e. The third-order valence-corrected chi connectivity index (χ3v) is 4.74. The molecule has 0 N–H and O–H groups in total. The third-order valence-electron chi connectivity index (χ3n) is 4.74. The smallest absolute Gasteiger partial charge is 0.226 e. The van der Waals surface area contributed by atoms with E-state index in [1.807, 2.05) is 30.5 Å². The van der Waals surface area contributed by atoms with Gasteiger partial charge in [0.15, 0.2) is 11.5 Å². The quantitative estimate of drug-likeness (QED) is 0.720. The number of hydrogen-bond acceptors (Lipinski definition) is 5. The fourth-order valence-corrected chi connectivity index (χ4v) is 3.32. The minimum atomic E-state index is 0.692. The summed E-state index contributed by atoms with van der Waals surface area (Å²) in [5.74, 6) is 2.15. The maximum atomic E-state index is 5.41. The molecule has 0 radical (unpaired) electrons. The number of fused-ring (bicyclic) bond motifs is 1. The highest BCUT2D eigenvalue weighted by Crippen LogP contribution is 2.32. The van der Waals surface area contributed by atoms with Gasteiger partial charge in [0.1, 0.15) is 0 Å². The molecule has 132 valence electrons. The van der Waals surface area contributed by atoms with Crippen LogP contribution >= 0.6 is 0 Å². The molecule has 2 aromatic carbocycles. The molecule has 1 aromatic heterocycles. The predicted molar refractivity (Wildman–Crippen MR) is 102 cm³/mol. The number of ether oxygens (including phenoxy) is 2. The van der Waals surface area contributed by atoms with Gasteiger partial charge >= 0.3 is 0 Å². The molecule has 3 aromatic rings. The molecule has 2 heterocycles. The fraction of sp³-hybridized carbons (Fsp3) is 0.238. The monoisotopic (exact) mass is 347 g/mol. The number of methoxy groups -OCH3 is 2. The lowest BCUT2D eigenvalue weighted by molar-refractivity contribution is 0.355. The van der Waals surface area contributed by atoms with Crippen LogP contribution in [0, 0.1) is 0 Å². The largest absolute Gasteiger partial charge is 0.493 e. The van der Waals surface area contributed by atoms with Crippen LogP contribution in [0.2, 0.25) is 0 Å². The Morgan fingerprint density at radius 3 is 2.54 bits per heavy atom. The van der Waals surface area contributed by atoms with Crippen LogP contribution in [-0.2, 0) is 13.0 Å². The molecule has 0 saturated carbocycles. The molecule has 5 nitrogen and oxygen atoms in total. The first-order chi connectivity index (χ1) is 12.8. The second kappa shape index (κ2) is 7.04. The summed E-state index contributed by atoms with van der Waals surface area (Å²) >= 11 is 0. The Kier molecular flexibility index (Phi) is 4.44. The van der Waals surface area contributed by atoms with Crippen LogP contribution in [-0.4, -0.2) is 30.7 Å². The van der Waals surface area contributed by atoms with Gasteiger partial charge in [-0.05, 0) is 41.8 Å². The second-order valence-corrected chi connectivity index (χ2v) is 6.25. The predicted octanol–water partition coefficient (Wildman–Crippen LogP) is 3.72. The average molecular weight is 347 g/mol. The van der Waals surface area contributed by atoms with E-state index in [2.05, 4.69) is 34.1 Å². The van der Waals surface area contributed by atoms with Gasteiger partial charge in [0.2, 0.25) is 5.95 Å². The molecular weight excluding hydrogens is 326 g/mol. The van der Waals surface area contributed by atoms with Crippen LogP contribution in [0.1, 0.15) is 11.1 Å². The van der Waals surface area contributed by atoms with E-state index in [4.69, 9.17) is 14.5 Å². The number of rotatable bonds is 4. The summed E-state index contributed by atoms with van der Waals surface area (Å²) in [6.45, 7) is 1.76. The lowest BCUT2D eigenvalue weighted by Crippen LogP contribution is -2.31. The van der Waals surface area contributed by atoms with Crippen LogP contribution in [0.5, 0.6) is 11.5 Å². The molecule has 0 aliphatic carbocycles. The van der Waals surface area contributed by atoms with E-state index < -0.39 is 0 Å². The van der Waals surface area contributed by atoms with Crippen LogP contribution < -0.4 is 14.4 Å². The van der Waals surface area contributed by atoms with Crippen LogP contribution in [0.3, 0.4) is 0 Å². The molecule has 0 unspecified atom stereocenters. The average Bonchev–Trinajstić information content (AvgIpc) is 2.73. The summed E-state index contributed by atoms with van der Waals surface area (Å²) < 4.78 is 10.7. The molecule has 0 saturated heterocycles. The van der Waals surface area contributed by atoms with Gasteiger partial charge in [-0.2, -0.15) is 0 Å². The van der Waals surface area contributed by atoms with Gasteiger partial charge in [-0.1, -0.05) is 24.3 Å². The number of benzene rings is 2. The summed E-state index contributed by atoms with van der Waals surface area (Å²) in [4.78, 5) is 11.5. The highest BCUT2D eigenvalue weighted by atomic mass is 16.5. The van der Waals surface area contributed by atoms with Gasteiger partial charge < -0.3 is 14.4 Å². The van der Waals surface area contributed by atoms with Gasteiger partial charge in [0, 0.05) is 24.8 Å². The zero-order valence-corrected chi connectivity index (χ0v) is 15.0. The van der Waals surface area contributed by atoms with Crippen LogP contribution in [0.4, 0.5) is 5.95 Å². The third kappa shape index (κ3) is 3.08. The Bertz CT molecular complexity index is 927. The normalized spacial score (nSPS) is 13.2. The molecule has 0 amide bonds. The van der Waals surface area contributed by atoms with Crippen molar-refractivity contribution in [3.63, 3.8) is 0 Å². The molecule has 1 aliphatic rings. The van der Waals surface area contributed by atoms with E-state index >= 15 is 0 Å². The van der Waals surface area contributed by atoms with E-state index in [-0.39, 0.29) is 0 Å². The first kappa shape index (κ1) is 16.4. The maximum absolute atomic E-state index is 5.41. The second-order valence-electron chi connectivity index (χ2n) is 6.25. The Labute approximate surface area is 153 Å². The Balaban J connectivity index is 1.64. The SMILES string of the molecule is COc1ccc(-c2ccnc(N3CCc4ccccc4C3)n2)cc1OC. The van der Waals surface area contributed by atoms with Crippen molar-refractivity contribution in [1.29, 1.82) is 0 Å². The number of anilines is 1. The van der Waals surface area contributed by atoms with E-state index in [1.165, 1.54) is 11.1 Å². The summed E-state index contributed by atoms with van der Waals surface area (Å²) in [5.41, 5.74) is 4.61. The molecule has 0 bridgehead atoms. The van der Waals surface area contributed by atoms with Gasteiger partial charge in [-0.3, -0.25) is 0 Å². The molecule has 0 spiro atoms. The van der Waals surface area contributed by atoms with E-state index in [1.54, 1.807) is 14.2 Å². The van der Waals surface area contributed by atoms with Crippen molar-refractivity contribution in [3.8, 4) is 22.8 Å². The zero-order valence-electron chi connectivity index (χ0n) is 15.0. The topological polar surface area (TPSA) is 47.5 Å². The fourth-order valence-electron chi connectivity index (χ4n) is 3.32. The first-order valence-electron chi connectivity index (χ1n) is 8.65. The number of aromatic nitrogens is 2. The van der Waals surface area contributed by atoms with E-state index in [0.29, 0.717) is 11.5 Å². The molecule has 0 atom stereocenters. The molecule has 1 aliphatic heterocycles. The van der Waals surface area contributed by atoms with Gasteiger partial charge in [-0.15, -0.1) is 0 Å². The maximum Gasteiger partial charge on any atom is 0.226 e. The van der Waals surface area contributed by atoms with Crippen LogP contribution in [0.25, 0.3) is 11.3 Å². The molecule has 0 fully saturated rings. The van der Waals surface area contributed by atoms with Crippen molar-refractivity contribution in [2.45, 2.75) is 13.0 Å². The zero-order chi connectivity index (χ0) is 17.9. The highest BCUT2D eigenvalue weighted by Gasteiger charge is 2.18. The van der Waals surface area contributed by atoms with Crippen molar-refractivity contribution >= 4 is 5.95 Å². The molecule has 4 rings (SSSR count). The van der Waals surface area contributed by atoms with Gasteiger partial charge in [0.25, 0.3) is 0 Å². The van der Waals surface area contributed by atoms with Crippen LogP contribution in [0.15, 0.2) is 54.7 Å². The molecular formula is C21H21N3O2. The van der Waals surface area contributed by atoms with Crippen molar-refractivity contribution < 1.29 is 9.47 Å². The standard InChI is InChI=1S/C21H21N3O2/c1-25-19-8-7-16(13-20(19)26-2)18-9-11-22-21(23-18)24-12-10-15-5-3-4-6-17(15)14-24/h3-9,11,13H,10,12,14H2,1-2H3. The number of nitrogens with zero attached hydrogens (tertiary/aromatic N) is 3. The van der Waals surface area contributed by atoms with Crippen molar-refractivity contribution in [2.24, 2.45) is 0 Å². The number of hydrogen-bond donors (Lipinski definition) is 0. The lowest BCUT2D eigenvalue weighted by atomic mass is 10.0. The van der Waals surface area contributed by atoms with E-state index in [9.17, 15) is 0 Å². The lowest BCUT2D eigenvalue weighted by Gasteiger charge is -2.29. The Morgan fingerprint density at radius 1 is 0.923 bits per heavy atom. The van der Waals surface area contributed by atoms with Crippen molar-refractivity contribution in [1.82, 2.24) is 9.97 Å². The summed E-state index contributed by atoms with van der Waals surface area (Å²) in [7, 11) is 3.27.